The Bertz CT molecular complexity index is 761. The summed E-state index contributed by atoms with van der Waals surface area (Å²) in [7, 11) is 0. The Morgan fingerprint density at radius 3 is 2.59 bits per heavy atom. The number of hydrogen-bond acceptors (Lipinski definition) is 3. The van der Waals surface area contributed by atoms with Gasteiger partial charge >= 0.3 is 5.97 Å². The summed E-state index contributed by atoms with van der Waals surface area (Å²) < 4.78 is 5.94. The number of rotatable bonds is 5. The standard InChI is InChI=1S/C29H46O3/c1-19(8-7-17-30)23-11-12-24-22-10-9-20-18-21(32-26(31)27(2,3)4)13-15-28(20,5)25(22)14-16-29(23,24)6/h9,17,19,21-25H,7-8,10-16,18H2,1-6H3/t19-,21+,22+,23-,24+,25+,28+,29-/m1/s1. The van der Waals surface area contributed by atoms with Gasteiger partial charge in [-0.25, -0.2) is 0 Å². The zero-order valence-electron chi connectivity index (χ0n) is 21.4. The molecule has 180 valence electrons. The molecule has 0 saturated heterocycles. The largest absolute Gasteiger partial charge is 0.462 e. The van der Waals surface area contributed by atoms with Crippen LogP contribution in [-0.2, 0) is 14.3 Å². The first kappa shape index (κ1) is 24.0. The van der Waals surface area contributed by atoms with E-state index < -0.39 is 5.41 Å². The molecule has 32 heavy (non-hydrogen) atoms. The van der Waals surface area contributed by atoms with Gasteiger partial charge < -0.3 is 9.53 Å². The normalized spacial score (nSPS) is 42.2. The lowest BCUT2D eigenvalue weighted by Crippen LogP contribution is -2.51. The second-order valence-corrected chi connectivity index (χ2v) is 13.2. The molecule has 0 bridgehead atoms. The highest BCUT2D eigenvalue weighted by Crippen LogP contribution is 2.67. The second-order valence-electron chi connectivity index (χ2n) is 13.2. The number of ether oxygens (including phenoxy) is 1. The van der Waals surface area contributed by atoms with Gasteiger partial charge in [0.2, 0.25) is 0 Å². The third kappa shape index (κ3) is 4.00. The molecule has 0 radical (unpaired) electrons. The van der Waals surface area contributed by atoms with Crippen LogP contribution in [0.3, 0.4) is 0 Å². The predicted octanol–water partition coefficient (Wildman–Crippen LogP) is 7.14. The number of carbonyl (C=O) groups excluding carboxylic acids is 2. The van der Waals surface area contributed by atoms with E-state index in [0.717, 1.165) is 62.1 Å². The minimum absolute atomic E-state index is 0.0565. The molecule has 0 amide bonds. The molecule has 4 aliphatic carbocycles. The number of hydrogen-bond donors (Lipinski definition) is 0. The molecule has 4 aliphatic rings. The summed E-state index contributed by atoms with van der Waals surface area (Å²) in [6.45, 7) is 13.3. The van der Waals surface area contributed by atoms with Crippen LogP contribution in [0.15, 0.2) is 11.6 Å². The fourth-order valence-corrected chi connectivity index (χ4v) is 8.56. The van der Waals surface area contributed by atoms with Crippen molar-refractivity contribution in [3.8, 4) is 0 Å². The lowest BCUT2D eigenvalue weighted by Gasteiger charge is -2.58. The molecule has 3 saturated carbocycles. The van der Waals surface area contributed by atoms with Crippen LogP contribution in [0.2, 0.25) is 0 Å². The van der Waals surface area contributed by atoms with Crippen molar-refractivity contribution in [3.63, 3.8) is 0 Å². The number of esters is 1. The molecule has 0 aromatic rings. The van der Waals surface area contributed by atoms with Gasteiger partial charge in [0.15, 0.2) is 0 Å². The van der Waals surface area contributed by atoms with E-state index in [4.69, 9.17) is 4.74 Å². The van der Waals surface area contributed by atoms with Crippen molar-refractivity contribution in [1.82, 2.24) is 0 Å². The Kier molecular flexibility index (Phi) is 6.44. The average Bonchev–Trinajstić information content (AvgIpc) is 3.09. The number of fused-ring (bicyclic) bond motifs is 5. The Morgan fingerprint density at radius 1 is 1.16 bits per heavy atom. The summed E-state index contributed by atoms with van der Waals surface area (Å²) in [4.78, 5) is 23.4. The fraction of sp³-hybridized carbons (Fsp3) is 0.862. The van der Waals surface area contributed by atoms with Crippen molar-refractivity contribution < 1.29 is 14.3 Å². The first-order valence-electron chi connectivity index (χ1n) is 13.3. The summed E-state index contributed by atoms with van der Waals surface area (Å²) in [5, 5.41) is 0. The molecular weight excluding hydrogens is 396 g/mol. The third-order valence-electron chi connectivity index (χ3n) is 10.4. The van der Waals surface area contributed by atoms with E-state index in [9.17, 15) is 9.59 Å². The molecule has 0 N–H and O–H groups in total. The lowest BCUT2D eigenvalue weighted by molar-refractivity contribution is -0.161. The highest BCUT2D eigenvalue weighted by molar-refractivity contribution is 5.75. The van der Waals surface area contributed by atoms with Gasteiger partial charge in [-0.15, -0.1) is 0 Å². The number of aldehydes is 1. The molecule has 0 spiro atoms. The quantitative estimate of drug-likeness (QED) is 0.258. The smallest absolute Gasteiger partial charge is 0.311 e. The average molecular weight is 443 g/mol. The minimum atomic E-state index is -0.428. The van der Waals surface area contributed by atoms with E-state index in [-0.39, 0.29) is 17.5 Å². The van der Waals surface area contributed by atoms with Gasteiger partial charge in [0.25, 0.3) is 0 Å². The predicted molar refractivity (Wildman–Crippen MR) is 129 cm³/mol. The summed E-state index contributed by atoms with van der Waals surface area (Å²) in [5.41, 5.74) is 1.89. The van der Waals surface area contributed by atoms with Crippen LogP contribution in [0.1, 0.15) is 106 Å². The van der Waals surface area contributed by atoms with E-state index >= 15 is 0 Å². The van der Waals surface area contributed by atoms with Crippen molar-refractivity contribution in [2.45, 2.75) is 112 Å². The van der Waals surface area contributed by atoms with Gasteiger partial charge in [0, 0.05) is 12.8 Å². The zero-order valence-corrected chi connectivity index (χ0v) is 21.4. The van der Waals surface area contributed by atoms with Crippen LogP contribution in [0.25, 0.3) is 0 Å². The van der Waals surface area contributed by atoms with Crippen LogP contribution in [0, 0.1) is 45.8 Å². The van der Waals surface area contributed by atoms with Crippen LogP contribution in [0.5, 0.6) is 0 Å². The molecule has 3 heteroatoms. The maximum Gasteiger partial charge on any atom is 0.311 e. The molecular formula is C29H46O3. The monoisotopic (exact) mass is 442 g/mol. The minimum Gasteiger partial charge on any atom is -0.462 e. The van der Waals surface area contributed by atoms with E-state index in [1.807, 2.05) is 20.8 Å². The molecule has 0 aliphatic heterocycles. The zero-order chi connectivity index (χ0) is 23.3. The Hall–Kier alpha value is -1.12. The Labute approximate surface area is 196 Å². The number of carbonyl (C=O) groups is 2. The van der Waals surface area contributed by atoms with Gasteiger partial charge in [-0.2, -0.15) is 0 Å². The third-order valence-corrected chi connectivity index (χ3v) is 10.4. The lowest BCUT2D eigenvalue weighted by atomic mass is 9.47. The van der Waals surface area contributed by atoms with Gasteiger partial charge in [-0.05, 0) is 113 Å². The van der Waals surface area contributed by atoms with Crippen molar-refractivity contribution in [3.05, 3.63) is 11.6 Å². The van der Waals surface area contributed by atoms with Crippen molar-refractivity contribution in [2.24, 2.45) is 45.8 Å². The van der Waals surface area contributed by atoms with Gasteiger partial charge in [-0.1, -0.05) is 32.4 Å². The maximum atomic E-state index is 12.5. The van der Waals surface area contributed by atoms with Gasteiger partial charge in [0.1, 0.15) is 12.4 Å². The second kappa shape index (κ2) is 8.58. The molecule has 0 aromatic carbocycles. The van der Waals surface area contributed by atoms with E-state index in [0.29, 0.717) is 11.3 Å². The first-order valence-corrected chi connectivity index (χ1v) is 13.3. The SMILES string of the molecule is C[C@H](CCC=O)[C@H]1CC[C@H]2[C@@H]3CC=C4C[C@@H](OC(=O)C(C)(C)C)CC[C@]4(C)[C@H]3CC[C@]12C. The fourth-order valence-electron chi connectivity index (χ4n) is 8.56. The highest BCUT2D eigenvalue weighted by atomic mass is 16.5. The van der Waals surface area contributed by atoms with E-state index in [2.05, 4.69) is 26.8 Å². The Morgan fingerprint density at radius 2 is 1.91 bits per heavy atom. The highest BCUT2D eigenvalue weighted by Gasteiger charge is 2.59. The molecule has 3 fully saturated rings. The summed E-state index contributed by atoms with van der Waals surface area (Å²) in [5.74, 6) is 3.79. The van der Waals surface area contributed by atoms with Crippen molar-refractivity contribution >= 4 is 12.3 Å². The first-order chi connectivity index (χ1) is 15.0. The summed E-state index contributed by atoms with van der Waals surface area (Å²) >= 11 is 0. The van der Waals surface area contributed by atoms with Crippen molar-refractivity contribution in [1.29, 1.82) is 0 Å². The summed E-state index contributed by atoms with van der Waals surface area (Å²) in [6, 6.07) is 0. The van der Waals surface area contributed by atoms with Crippen LogP contribution in [-0.4, -0.2) is 18.4 Å². The molecule has 3 nitrogen and oxygen atoms in total. The van der Waals surface area contributed by atoms with Crippen LogP contribution >= 0.6 is 0 Å². The Balaban J connectivity index is 1.49. The topological polar surface area (TPSA) is 43.4 Å². The molecule has 0 heterocycles. The summed E-state index contributed by atoms with van der Waals surface area (Å²) in [6.07, 6.45) is 15.2. The molecule has 8 atom stereocenters. The van der Waals surface area contributed by atoms with E-state index in [1.54, 1.807) is 5.57 Å². The van der Waals surface area contributed by atoms with Crippen molar-refractivity contribution in [2.75, 3.05) is 0 Å². The number of allylic oxidation sites excluding steroid dienone is 1. The van der Waals surface area contributed by atoms with Crippen LogP contribution < -0.4 is 0 Å². The maximum absolute atomic E-state index is 12.5. The van der Waals surface area contributed by atoms with E-state index in [1.165, 1.54) is 32.1 Å². The molecule has 4 rings (SSSR count). The molecule has 0 aromatic heterocycles. The van der Waals surface area contributed by atoms with Gasteiger partial charge in [-0.3, -0.25) is 4.79 Å². The van der Waals surface area contributed by atoms with Gasteiger partial charge in [0.05, 0.1) is 5.41 Å². The van der Waals surface area contributed by atoms with Crippen LogP contribution in [0.4, 0.5) is 0 Å². The molecule has 0 unspecified atom stereocenters.